The number of carboxylic acids is 1. The first-order valence-corrected chi connectivity index (χ1v) is 4.83. The average Bonchev–Trinajstić information content (AvgIpc) is 2.51. The van der Waals surface area contributed by atoms with Gasteiger partial charge in [0.25, 0.3) is 0 Å². The molecule has 0 radical (unpaired) electrons. The molecule has 4 nitrogen and oxygen atoms in total. The van der Waals surface area contributed by atoms with Crippen molar-refractivity contribution in [3.63, 3.8) is 0 Å². The Hall–Kier alpha value is -1.29. The summed E-state index contributed by atoms with van der Waals surface area (Å²) in [5.41, 5.74) is 0.155. The number of likely N-dealkylation sites (N-methyl/N-ethyl adjacent to an activating group) is 1. The minimum absolute atomic E-state index is 0.498. The highest BCUT2D eigenvalue weighted by atomic mass is 16.4. The minimum atomic E-state index is -0.890. The van der Waals surface area contributed by atoms with E-state index in [0.717, 1.165) is 11.3 Å². The van der Waals surface area contributed by atoms with E-state index in [1.54, 1.807) is 32.1 Å². The van der Waals surface area contributed by atoms with Crippen LogP contribution in [0.1, 0.15) is 25.2 Å². The normalized spacial score (nSPS) is 12.1. The van der Waals surface area contributed by atoms with Gasteiger partial charge in [0.1, 0.15) is 11.3 Å². The van der Waals surface area contributed by atoms with Crippen molar-refractivity contribution >= 4 is 5.97 Å². The Morgan fingerprint density at radius 1 is 1.60 bits per heavy atom. The van der Waals surface area contributed by atoms with Crippen LogP contribution in [0.4, 0.5) is 0 Å². The highest BCUT2D eigenvalue weighted by Crippen LogP contribution is 2.18. The lowest BCUT2D eigenvalue weighted by molar-refractivity contribution is -0.148. The summed E-state index contributed by atoms with van der Waals surface area (Å²) in [6, 6.07) is 1.87. The van der Waals surface area contributed by atoms with Gasteiger partial charge in [-0.3, -0.25) is 9.69 Å². The summed E-state index contributed by atoms with van der Waals surface area (Å²) >= 11 is 0. The Labute approximate surface area is 89.5 Å². The van der Waals surface area contributed by atoms with Gasteiger partial charge in [-0.05, 0) is 39.4 Å². The van der Waals surface area contributed by atoms with Gasteiger partial charge in [-0.15, -0.1) is 0 Å². The molecule has 4 heteroatoms. The molecule has 0 aromatic carbocycles. The van der Waals surface area contributed by atoms with E-state index >= 15 is 0 Å². The van der Waals surface area contributed by atoms with Crippen molar-refractivity contribution in [2.75, 3.05) is 7.05 Å². The molecule has 0 aliphatic carbocycles. The molecular formula is C11H17NO3. The number of rotatable bonds is 4. The lowest BCUT2D eigenvalue weighted by Gasteiger charge is -2.30. The lowest BCUT2D eigenvalue weighted by atomic mass is 10.0. The Morgan fingerprint density at radius 3 is 2.60 bits per heavy atom. The monoisotopic (exact) mass is 211 g/mol. The molecule has 1 aromatic rings. The predicted octanol–water partition coefficient (Wildman–Crippen LogP) is 1.88. The quantitative estimate of drug-likeness (QED) is 0.826. The number of aliphatic carboxylic acids is 1. The summed E-state index contributed by atoms with van der Waals surface area (Å²) in [5.74, 6) is -0.0268. The summed E-state index contributed by atoms with van der Waals surface area (Å²) in [4.78, 5) is 12.8. The minimum Gasteiger partial charge on any atom is -0.480 e. The maximum atomic E-state index is 11.0. The zero-order chi connectivity index (χ0) is 11.6. The molecule has 0 unspecified atom stereocenters. The first kappa shape index (κ1) is 11.8. The topological polar surface area (TPSA) is 53.7 Å². The predicted molar refractivity (Wildman–Crippen MR) is 56.6 cm³/mol. The van der Waals surface area contributed by atoms with Gasteiger partial charge in [0.2, 0.25) is 0 Å². The molecule has 0 atom stereocenters. The molecule has 15 heavy (non-hydrogen) atoms. The molecular weight excluding hydrogens is 194 g/mol. The molecule has 0 saturated heterocycles. The van der Waals surface area contributed by atoms with Crippen LogP contribution in [0, 0.1) is 6.92 Å². The molecule has 0 fully saturated rings. The zero-order valence-electron chi connectivity index (χ0n) is 9.57. The number of aryl methyl sites for hydroxylation is 1. The van der Waals surface area contributed by atoms with E-state index in [1.165, 1.54) is 0 Å². The maximum Gasteiger partial charge on any atom is 0.323 e. The van der Waals surface area contributed by atoms with E-state index in [9.17, 15) is 4.79 Å². The van der Waals surface area contributed by atoms with Crippen LogP contribution in [0.15, 0.2) is 16.7 Å². The Morgan fingerprint density at radius 2 is 2.20 bits per heavy atom. The molecule has 0 bridgehead atoms. The second kappa shape index (κ2) is 4.06. The maximum absolute atomic E-state index is 11.0. The second-order valence-corrected chi connectivity index (χ2v) is 4.25. The Balaban J connectivity index is 2.76. The van der Waals surface area contributed by atoms with Crippen LogP contribution < -0.4 is 0 Å². The molecule has 1 heterocycles. The fourth-order valence-electron chi connectivity index (χ4n) is 1.14. The van der Waals surface area contributed by atoms with Crippen LogP contribution in [0.5, 0.6) is 0 Å². The van der Waals surface area contributed by atoms with Crippen LogP contribution in [-0.4, -0.2) is 28.6 Å². The van der Waals surface area contributed by atoms with Crippen LogP contribution in [0.2, 0.25) is 0 Å². The van der Waals surface area contributed by atoms with Gasteiger partial charge in [0, 0.05) is 0 Å². The summed E-state index contributed by atoms with van der Waals surface area (Å²) in [6.07, 6.45) is 1.62. The standard InChI is InChI=1S/C11H17NO3/c1-8-5-6-15-9(8)7-12(4)11(2,3)10(13)14/h5-6H,7H2,1-4H3,(H,13,14). The summed E-state index contributed by atoms with van der Waals surface area (Å²) in [5, 5.41) is 9.04. The van der Waals surface area contributed by atoms with Crippen molar-refractivity contribution in [2.45, 2.75) is 32.9 Å². The van der Waals surface area contributed by atoms with Crippen LogP contribution in [-0.2, 0) is 11.3 Å². The molecule has 0 amide bonds. The van der Waals surface area contributed by atoms with Crippen molar-refractivity contribution < 1.29 is 14.3 Å². The molecule has 0 aliphatic rings. The van der Waals surface area contributed by atoms with E-state index in [-0.39, 0.29) is 0 Å². The van der Waals surface area contributed by atoms with Gasteiger partial charge < -0.3 is 9.52 Å². The number of hydrogen-bond acceptors (Lipinski definition) is 3. The summed E-state index contributed by atoms with van der Waals surface area (Å²) < 4.78 is 5.28. The van der Waals surface area contributed by atoms with Gasteiger partial charge in [-0.25, -0.2) is 0 Å². The molecule has 0 saturated carbocycles. The first-order valence-electron chi connectivity index (χ1n) is 4.83. The van der Waals surface area contributed by atoms with Crippen molar-refractivity contribution in [1.82, 2.24) is 4.90 Å². The molecule has 1 rings (SSSR count). The van der Waals surface area contributed by atoms with Crippen molar-refractivity contribution in [1.29, 1.82) is 0 Å². The summed E-state index contributed by atoms with van der Waals surface area (Å²) in [7, 11) is 1.77. The van der Waals surface area contributed by atoms with Crippen molar-refractivity contribution in [3.05, 3.63) is 23.7 Å². The Kier molecular flexibility index (Phi) is 3.19. The Bertz CT molecular complexity index is 354. The molecule has 0 aliphatic heterocycles. The summed E-state index contributed by atoms with van der Waals surface area (Å²) in [6.45, 7) is 5.79. The fraction of sp³-hybridized carbons (Fsp3) is 0.545. The van der Waals surface area contributed by atoms with Gasteiger partial charge in [-0.1, -0.05) is 0 Å². The van der Waals surface area contributed by atoms with Crippen molar-refractivity contribution in [3.8, 4) is 0 Å². The number of furan rings is 1. The van der Waals surface area contributed by atoms with Gasteiger partial charge in [0.15, 0.2) is 0 Å². The second-order valence-electron chi connectivity index (χ2n) is 4.25. The number of carboxylic acid groups (broad SMARTS) is 1. The smallest absolute Gasteiger partial charge is 0.323 e. The molecule has 84 valence electrons. The third-order valence-corrected chi connectivity index (χ3v) is 2.83. The third kappa shape index (κ3) is 2.39. The van der Waals surface area contributed by atoms with Crippen LogP contribution in [0.3, 0.4) is 0 Å². The molecule has 0 spiro atoms. The van der Waals surface area contributed by atoms with Crippen molar-refractivity contribution in [2.24, 2.45) is 0 Å². The van der Waals surface area contributed by atoms with E-state index in [4.69, 9.17) is 9.52 Å². The van der Waals surface area contributed by atoms with E-state index < -0.39 is 11.5 Å². The number of hydrogen-bond donors (Lipinski definition) is 1. The lowest BCUT2D eigenvalue weighted by Crippen LogP contribution is -2.47. The highest BCUT2D eigenvalue weighted by molar-refractivity contribution is 5.77. The van der Waals surface area contributed by atoms with Gasteiger partial charge in [0.05, 0.1) is 12.8 Å². The average molecular weight is 211 g/mol. The van der Waals surface area contributed by atoms with E-state index in [1.807, 2.05) is 13.0 Å². The number of nitrogens with zero attached hydrogens (tertiary/aromatic N) is 1. The van der Waals surface area contributed by atoms with Crippen LogP contribution >= 0.6 is 0 Å². The zero-order valence-corrected chi connectivity index (χ0v) is 9.57. The number of carbonyl (C=O) groups is 1. The van der Waals surface area contributed by atoms with Gasteiger partial charge >= 0.3 is 5.97 Å². The molecule has 1 N–H and O–H groups in total. The first-order chi connectivity index (χ1) is 6.85. The van der Waals surface area contributed by atoms with Crippen LogP contribution in [0.25, 0.3) is 0 Å². The fourth-order valence-corrected chi connectivity index (χ4v) is 1.14. The highest BCUT2D eigenvalue weighted by Gasteiger charge is 2.32. The molecule has 1 aromatic heterocycles. The van der Waals surface area contributed by atoms with E-state index in [0.29, 0.717) is 6.54 Å². The SMILES string of the molecule is Cc1ccoc1CN(C)C(C)(C)C(=O)O. The van der Waals surface area contributed by atoms with Gasteiger partial charge in [-0.2, -0.15) is 0 Å². The largest absolute Gasteiger partial charge is 0.480 e. The third-order valence-electron chi connectivity index (χ3n) is 2.83. The van der Waals surface area contributed by atoms with E-state index in [2.05, 4.69) is 0 Å².